The van der Waals surface area contributed by atoms with E-state index in [1.54, 1.807) is 11.0 Å². The molecule has 5 nitrogen and oxygen atoms in total. The van der Waals surface area contributed by atoms with Gasteiger partial charge in [0, 0.05) is 24.0 Å². The third-order valence-corrected chi connectivity index (χ3v) is 6.59. The molecular formula is C30H35ClN2O3. The van der Waals surface area contributed by atoms with Gasteiger partial charge in [-0.2, -0.15) is 0 Å². The van der Waals surface area contributed by atoms with Gasteiger partial charge >= 0.3 is 0 Å². The second kappa shape index (κ2) is 13.1. The fourth-order valence-corrected chi connectivity index (χ4v) is 4.07. The molecular weight excluding hydrogens is 472 g/mol. The minimum Gasteiger partial charge on any atom is -0.484 e. The zero-order chi connectivity index (χ0) is 26.1. The number of nitrogens with one attached hydrogen (secondary N) is 1. The number of aryl methyl sites for hydroxylation is 2. The summed E-state index contributed by atoms with van der Waals surface area (Å²) in [7, 11) is 0. The van der Waals surface area contributed by atoms with Crippen LogP contribution in [0.15, 0.2) is 72.8 Å². The van der Waals surface area contributed by atoms with E-state index in [1.165, 1.54) is 0 Å². The van der Waals surface area contributed by atoms with E-state index in [4.69, 9.17) is 16.3 Å². The van der Waals surface area contributed by atoms with Crippen LogP contribution in [0, 0.1) is 13.8 Å². The fraction of sp³-hybridized carbons (Fsp3) is 0.333. The van der Waals surface area contributed by atoms with Crippen LogP contribution in [0.5, 0.6) is 5.75 Å². The Morgan fingerprint density at radius 3 is 2.33 bits per heavy atom. The van der Waals surface area contributed by atoms with Gasteiger partial charge in [-0.3, -0.25) is 9.59 Å². The molecule has 0 spiro atoms. The fourth-order valence-electron chi connectivity index (χ4n) is 3.86. The molecule has 36 heavy (non-hydrogen) atoms. The molecule has 0 saturated carbocycles. The molecule has 190 valence electrons. The highest BCUT2D eigenvalue weighted by Gasteiger charge is 2.31. The van der Waals surface area contributed by atoms with Crippen LogP contribution in [-0.2, 0) is 22.6 Å². The lowest BCUT2D eigenvalue weighted by Gasteiger charge is -2.32. The minimum absolute atomic E-state index is 0.00863. The zero-order valence-electron chi connectivity index (χ0n) is 21.5. The highest BCUT2D eigenvalue weighted by atomic mass is 35.5. The molecule has 0 radical (unpaired) electrons. The summed E-state index contributed by atoms with van der Waals surface area (Å²) in [5.74, 6) is 0.168. The molecule has 0 saturated heterocycles. The highest BCUT2D eigenvalue weighted by Crippen LogP contribution is 2.20. The maximum absolute atomic E-state index is 13.6. The molecule has 0 aliphatic rings. The third-order valence-electron chi connectivity index (χ3n) is 6.35. The summed E-state index contributed by atoms with van der Waals surface area (Å²) in [4.78, 5) is 28.8. The molecule has 3 aromatic rings. The van der Waals surface area contributed by atoms with Gasteiger partial charge in [-0.1, -0.05) is 67.1 Å². The summed E-state index contributed by atoms with van der Waals surface area (Å²) in [5.41, 5.74) is 4.06. The molecule has 1 N–H and O–H groups in total. The number of benzene rings is 3. The summed E-state index contributed by atoms with van der Waals surface area (Å²) in [5, 5.41) is 3.65. The zero-order valence-corrected chi connectivity index (χ0v) is 22.2. The SMILES string of the molecule is CC[C@@H](C)NC(=O)[C@@H](Cc1ccccc1)N(Cc1cccc(Cl)c1)C(=O)COc1ccc(C)c(C)c1. The summed E-state index contributed by atoms with van der Waals surface area (Å²) in [6.45, 7) is 8.07. The molecule has 0 fully saturated rings. The van der Waals surface area contributed by atoms with Gasteiger partial charge in [0.25, 0.3) is 5.91 Å². The summed E-state index contributed by atoms with van der Waals surface area (Å²) in [6.07, 6.45) is 1.18. The smallest absolute Gasteiger partial charge is 0.261 e. The lowest BCUT2D eigenvalue weighted by atomic mass is 10.0. The van der Waals surface area contributed by atoms with E-state index < -0.39 is 6.04 Å². The van der Waals surface area contributed by atoms with Crippen molar-refractivity contribution in [1.29, 1.82) is 0 Å². The quantitative estimate of drug-likeness (QED) is 0.352. The van der Waals surface area contributed by atoms with Gasteiger partial charge in [-0.05, 0) is 73.7 Å². The average Bonchev–Trinajstić information content (AvgIpc) is 2.87. The first kappa shape index (κ1) is 27.3. The van der Waals surface area contributed by atoms with Crippen LogP contribution < -0.4 is 10.1 Å². The predicted octanol–water partition coefficient (Wildman–Crippen LogP) is 5.89. The average molecular weight is 507 g/mol. The Hall–Kier alpha value is -3.31. The number of amides is 2. The van der Waals surface area contributed by atoms with E-state index in [0.717, 1.165) is 28.7 Å². The molecule has 0 bridgehead atoms. The Labute approximate surface area is 219 Å². The normalized spacial score (nSPS) is 12.5. The monoisotopic (exact) mass is 506 g/mol. The molecule has 2 atom stereocenters. The predicted molar refractivity (Wildman–Crippen MR) is 145 cm³/mol. The van der Waals surface area contributed by atoms with Crippen molar-refractivity contribution in [2.45, 2.75) is 59.2 Å². The van der Waals surface area contributed by atoms with Crippen LogP contribution >= 0.6 is 11.6 Å². The van der Waals surface area contributed by atoms with Crippen LogP contribution in [0.2, 0.25) is 5.02 Å². The Kier molecular flexibility index (Phi) is 9.95. The van der Waals surface area contributed by atoms with Gasteiger partial charge in [0.2, 0.25) is 5.91 Å². The number of halogens is 1. The first-order valence-electron chi connectivity index (χ1n) is 12.3. The van der Waals surface area contributed by atoms with Gasteiger partial charge in [0.15, 0.2) is 6.61 Å². The first-order valence-corrected chi connectivity index (χ1v) is 12.7. The van der Waals surface area contributed by atoms with Crippen molar-refractivity contribution >= 4 is 23.4 Å². The van der Waals surface area contributed by atoms with E-state index in [9.17, 15) is 9.59 Å². The van der Waals surface area contributed by atoms with Crippen molar-refractivity contribution in [2.75, 3.05) is 6.61 Å². The van der Waals surface area contributed by atoms with Crippen LogP contribution in [0.4, 0.5) is 0 Å². The first-order chi connectivity index (χ1) is 17.3. The van der Waals surface area contributed by atoms with Gasteiger partial charge in [-0.25, -0.2) is 0 Å². The molecule has 0 heterocycles. The number of carbonyl (C=O) groups excluding carboxylic acids is 2. The molecule has 0 aliphatic heterocycles. The van der Waals surface area contributed by atoms with Gasteiger partial charge in [0.05, 0.1) is 0 Å². The number of nitrogens with zero attached hydrogens (tertiary/aromatic N) is 1. The number of hydrogen-bond acceptors (Lipinski definition) is 3. The number of rotatable bonds is 11. The van der Waals surface area contributed by atoms with Gasteiger partial charge < -0.3 is 15.0 Å². The molecule has 0 aliphatic carbocycles. The number of ether oxygens (including phenoxy) is 1. The second-order valence-corrected chi connectivity index (χ2v) is 9.65. The van der Waals surface area contributed by atoms with E-state index in [1.807, 2.05) is 94.4 Å². The molecule has 0 unspecified atom stereocenters. The Balaban J connectivity index is 1.91. The Morgan fingerprint density at radius 2 is 1.67 bits per heavy atom. The number of hydrogen-bond donors (Lipinski definition) is 1. The van der Waals surface area contributed by atoms with Crippen LogP contribution in [0.1, 0.15) is 42.5 Å². The van der Waals surface area contributed by atoms with Crippen LogP contribution in [-0.4, -0.2) is 35.4 Å². The lowest BCUT2D eigenvalue weighted by Crippen LogP contribution is -2.53. The topological polar surface area (TPSA) is 58.6 Å². The molecule has 6 heteroatoms. The Morgan fingerprint density at radius 1 is 0.944 bits per heavy atom. The maximum atomic E-state index is 13.6. The second-order valence-electron chi connectivity index (χ2n) is 9.21. The highest BCUT2D eigenvalue weighted by molar-refractivity contribution is 6.30. The largest absolute Gasteiger partial charge is 0.484 e. The molecule has 3 aromatic carbocycles. The molecule has 0 aromatic heterocycles. The van der Waals surface area contributed by atoms with Crippen molar-refractivity contribution in [1.82, 2.24) is 10.2 Å². The summed E-state index contributed by atoms with van der Waals surface area (Å²) < 4.78 is 5.88. The van der Waals surface area contributed by atoms with Crippen molar-refractivity contribution in [3.63, 3.8) is 0 Å². The molecule has 3 rings (SSSR count). The maximum Gasteiger partial charge on any atom is 0.261 e. The van der Waals surface area contributed by atoms with Gasteiger partial charge in [0.1, 0.15) is 11.8 Å². The van der Waals surface area contributed by atoms with Crippen molar-refractivity contribution < 1.29 is 14.3 Å². The van der Waals surface area contributed by atoms with Crippen LogP contribution in [0.25, 0.3) is 0 Å². The standard InChI is InChI=1S/C30H35ClN2O3/c1-5-23(4)32-30(35)28(18-24-10-7-6-8-11-24)33(19-25-12-9-13-26(31)17-25)29(34)20-36-27-15-14-21(2)22(3)16-27/h6-17,23,28H,5,18-20H2,1-4H3,(H,32,35)/t23-,28-/m1/s1. The van der Waals surface area contributed by atoms with Crippen molar-refractivity contribution in [2.24, 2.45) is 0 Å². The third kappa shape index (κ3) is 7.85. The van der Waals surface area contributed by atoms with Crippen molar-refractivity contribution in [3.05, 3.63) is 100 Å². The van der Waals surface area contributed by atoms with Crippen molar-refractivity contribution in [3.8, 4) is 5.75 Å². The Bertz CT molecular complexity index is 1170. The summed E-state index contributed by atoms with van der Waals surface area (Å²) >= 11 is 6.23. The van der Waals surface area contributed by atoms with E-state index >= 15 is 0 Å². The van der Waals surface area contributed by atoms with Gasteiger partial charge in [-0.15, -0.1) is 0 Å². The number of carbonyl (C=O) groups is 2. The minimum atomic E-state index is -0.712. The summed E-state index contributed by atoms with van der Waals surface area (Å²) in [6, 6.07) is 22.1. The lowest BCUT2D eigenvalue weighted by molar-refractivity contribution is -0.143. The van der Waals surface area contributed by atoms with E-state index in [0.29, 0.717) is 17.2 Å². The van der Waals surface area contributed by atoms with E-state index in [-0.39, 0.29) is 31.0 Å². The molecule has 2 amide bonds. The van der Waals surface area contributed by atoms with Crippen LogP contribution in [0.3, 0.4) is 0 Å². The van der Waals surface area contributed by atoms with E-state index in [2.05, 4.69) is 5.32 Å².